The number of para-hydroxylation sites is 2. The highest BCUT2D eigenvalue weighted by Crippen LogP contribution is 2.41. The Hall–Kier alpha value is -3.28. The van der Waals surface area contributed by atoms with E-state index in [1.54, 1.807) is 42.5 Å². The highest BCUT2D eigenvalue weighted by atomic mass is 16.6. The average Bonchev–Trinajstić information content (AvgIpc) is 2.60. The summed E-state index contributed by atoms with van der Waals surface area (Å²) in [4.78, 5) is 23.4. The maximum atomic E-state index is 12.3. The van der Waals surface area contributed by atoms with E-state index in [4.69, 9.17) is 19.0 Å². The molecule has 1 aliphatic rings. The fraction of sp³-hybridized carbons (Fsp3) is 0.111. The maximum Gasteiger partial charge on any atom is 0.348 e. The van der Waals surface area contributed by atoms with Crippen molar-refractivity contribution in [2.45, 2.75) is 6.10 Å². The van der Waals surface area contributed by atoms with Crippen LogP contribution >= 0.6 is 0 Å². The Bertz CT molecular complexity index is 1000. The Balaban J connectivity index is 1.89. The van der Waals surface area contributed by atoms with E-state index in [0.29, 0.717) is 28.0 Å². The van der Waals surface area contributed by atoms with E-state index in [1.807, 2.05) is 0 Å². The molecule has 1 unspecified atom stereocenters. The lowest BCUT2D eigenvalue weighted by Gasteiger charge is -2.25. The molecular weight excluding hydrogens is 312 g/mol. The van der Waals surface area contributed by atoms with Crippen molar-refractivity contribution in [3.63, 3.8) is 0 Å². The minimum absolute atomic E-state index is 0.0759. The van der Waals surface area contributed by atoms with Crippen molar-refractivity contribution in [2.24, 2.45) is 0 Å². The molecule has 6 heteroatoms. The number of ether oxygens (including phenoxy) is 2. The molecule has 0 aliphatic carbocycles. The zero-order chi connectivity index (χ0) is 16.7. The quantitative estimate of drug-likeness (QED) is 0.780. The molecule has 0 bridgehead atoms. The van der Waals surface area contributed by atoms with Crippen LogP contribution < -0.4 is 14.9 Å². The van der Waals surface area contributed by atoms with Crippen molar-refractivity contribution in [2.75, 3.05) is 6.61 Å². The highest BCUT2D eigenvalue weighted by molar-refractivity contribution is 5.81. The van der Waals surface area contributed by atoms with Crippen LogP contribution in [0.1, 0.15) is 0 Å². The van der Waals surface area contributed by atoms with E-state index < -0.39 is 12.1 Å². The molecule has 120 valence electrons. The standard InChI is InChI=1S/C18H12O6/c19-12-8-15(23-13-6-2-1-4-10(12)13)11-5-3-7-14-17(11)24-16(9-22-14)18(20)21/h1-8,16H,9H2,(H,20,21). The number of aliphatic carboxylic acids is 1. The Labute approximate surface area is 135 Å². The van der Waals surface area contributed by atoms with Gasteiger partial charge < -0.3 is 19.0 Å². The summed E-state index contributed by atoms with van der Waals surface area (Å²) in [7, 11) is 0. The lowest BCUT2D eigenvalue weighted by atomic mass is 10.1. The number of carboxylic acid groups (broad SMARTS) is 1. The zero-order valence-electron chi connectivity index (χ0n) is 12.4. The Morgan fingerprint density at radius 2 is 1.96 bits per heavy atom. The van der Waals surface area contributed by atoms with Gasteiger partial charge in [0.2, 0.25) is 6.10 Å². The molecule has 0 fully saturated rings. The first-order chi connectivity index (χ1) is 11.6. The van der Waals surface area contributed by atoms with Gasteiger partial charge in [-0.3, -0.25) is 4.79 Å². The highest BCUT2D eigenvalue weighted by Gasteiger charge is 2.29. The fourth-order valence-electron chi connectivity index (χ4n) is 2.65. The zero-order valence-corrected chi connectivity index (χ0v) is 12.4. The minimum Gasteiger partial charge on any atom is -0.485 e. The van der Waals surface area contributed by atoms with E-state index in [0.717, 1.165) is 0 Å². The Morgan fingerprint density at radius 1 is 1.12 bits per heavy atom. The van der Waals surface area contributed by atoms with Crippen molar-refractivity contribution in [1.82, 2.24) is 0 Å². The van der Waals surface area contributed by atoms with Gasteiger partial charge in [0, 0.05) is 6.07 Å². The topological polar surface area (TPSA) is 86.0 Å². The van der Waals surface area contributed by atoms with Gasteiger partial charge >= 0.3 is 5.97 Å². The van der Waals surface area contributed by atoms with E-state index in [9.17, 15) is 9.59 Å². The van der Waals surface area contributed by atoms with Gasteiger partial charge in [-0.25, -0.2) is 4.79 Å². The van der Waals surface area contributed by atoms with Crippen molar-refractivity contribution in [3.8, 4) is 22.8 Å². The number of benzene rings is 2. The molecule has 0 saturated carbocycles. The smallest absolute Gasteiger partial charge is 0.348 e. The van der Waals surface area contributed by atoms with Crippen LogP contribution in [0.15, 0.2) is 57.7 Å². The van der Waals surface area contributed by atoms with Crippen molar-refractivity contribution in [1.29, 1.82) is 0 Å². The molecule has 4 rings (SSSR count). The summed E-state index contributed by atoms with van der Waals surface area (Å²) in [6.45, 7) is -0.0759. The first-order valence-corrected chi connectivity index (χ1v) is 7.32. The fourth-order valence-corrected chi connectivity index (χ4v) is 2.65. The summed E-state index contributed by atoms with van der Waals surface area (Å²) in [6.07, 6.45) is -1.11. The van der Waals surface area contributed by atoms with Crippen molar-refractivity contribution in [3.05, 3.63) is 58.8 Å². The van der Waals surface area contributed by atoms with Crippen LogP contribution in [0.4, 0.5) is 0 Å². The third kappa shape index (κ3) is 2.28. The molecule has 0 radical (unpaired) electrons. The number of carboxylic acids is 1. The molecule has 0 amide bonds. The molecule has 1 aromatic heterocycles. The molecule has 3 aromatic rings. The van der Waals surface area contributed by atoms with Gasteiger partial charge in [0.1, 0.15) is 18.0 Å². The van der Waals surface area contributed by atoms with Crippen LogP contribution in [-0.4, -0.2) is 23.8 Å². The molecule has 0 saturated heterocycles. The van der Waals surface area contributed by atoms with E-state index in [1.165, 1.54) is 6.07 Å². The van der Waals surface area contributed by atoms with Crippen LogP contribution in [0.3, 0.4) is 0 Å². The summed E-state index contributed by atoms with van der Waals surface area (Å²) < 4.78 is 16.8. The third-order valence-electron chi connectivity index (χ3n) is 3.80. The molecule has 1 N–H and O–H groups in total. The number of fused-ring (bicyclic) bond motifs is 2. The Kier molecular flexibility index (Phi) is 3.23. The average molecular weight is 324 g/mol. The molecule has 24 heavy (non-hydrogen) atoms. The summed E-state index contributed by atoms with van der Waals surface area (Å²) in [5, 5.41) is 9.61. The van der Waals surface area contributed by atoms with Gasteiger partial charge in [-0.15, -0.1) is 0 Å². The van der Waals surface area contributed by atoms with Gasteiger partial charge in [-0.1, -0.05) is 18.2 Å². The predicted octanol–water partition coefficient (Wildman–Crippen LogP) is 2.68. The number of hydrogen-bond acceptors (Lipinski definition) is 5. The number of carbonyl (C=O) groups is 1. The largest absolute Gasteiger partial charge is 0.485 e. The number of rotatable bonds is 2. The Morgan fingerprint density at radius 3 is 2.79 bits per heavy atom. The van der Waals surface area contributed by atoms with Crippen LogP contribution in [0, 0.1) is 0 Å². The maximum absolute atomic E-state index is 12.3. The molecule has 0 spiro atoms. The molecule has 2 aromatic carbocycles. The normalized spacial score (nSPS) is 16.1. The molecule has 1 aliphatic heterocycles. The monoisotopic (exact) mass is 324 g/mol. The van der Waals surface area contributed by atoms with E-state index in [-0.39, 0.29) is 17.8 Å². The first-order valence-electron chi connectivity index (χ1n) is 7.32. The number of hydrogen-bond donors (Lipinski definition) is 1. The summed E-state index contributed by atoms with van der Waals surface area (Å²) in [5.41, 5.74) is 0.737. The lowest BCUT2D eigenvalue weighted by molar-refractivity contribution is -0.147. The second kappa shape index (κ2) is 5.42. The van der Waals surface area contributed by atoms with Crippen LogP contribution in [0.2, 0.25) is 0 Å². The van der Waals surface area contributed by atoms with Gasteiger partial charge in [0.25, 0.3) is 0 Å². The molecule has 1 atom stereocenters. The predicted molar refractivity (Wildman–Crippen MR) is 85.5 cm³/mol. The SMILES string of the molecule is O=C(O)C1COc2cccc(-c3cc(=O)c4ccccc4o3)c2O1. The van der Waals surface area contributed by atoms with E-state index >= 15 is 0 Å². The van der Waals surface area contributed by atoms with Gasteiger partial charge in [0.15, 0.2) is 16.9 Å². The van der Waals surface area contributed by atoms with Gasteiger partial charge in [-0.2, -0.15) is 0 Å². The summed E-state index contributed by atoms with van der Waals surface area (Å²) in [5.74, 6) is -0.143. The lowest BCUT2D eigenvalue weighted by Crippen LogP contribution is -2.36. The second-order valence-electron chi connectivity index (χ2n) is 5.36. The van der Waals surface area contributed by atoms with Gasteiger partial charge in [0.05, 0.1) is 10.9 Å². The molecular formula is C18H12O6. The molecule has 6 nitrogen and oxygen atoms in total. The van der Waals surface area contributed by atoms with Crippen LogP contribution in [-0.2, 0) is 4.79 Å². The molecule has 2 heterocycles. The van der Waals surface area contributed by atoms with Crippen LogP contribution in [0.25, 0.3) is 22.3 Å². The van der Waals surface area contributed by atoms with Gasteiger partial charge in [-0.05, 0) is 24.3 Å². The first kappa shape index (κ1) is 14.3. The van der Waals surface area contributed by atoms with Crippen molar-refractivity contribution >= 4 is 16.9 Å². The van der Waals surface area contributed by atoms with Crippen LogP contribution in [0.5, 0.6) is 11.5 Å². The van der Waals surface area contributed by atoms with Crippen molar-refractivity contribution < 1.29 is 23.8 Å². The summed E-state index contributed by atoms with van der Waals surface area (Å²) >= 11 is 0. The summed E-state index contributed by atoms with van der Waals surface area (Å²) in [6, 6.07) is 13.4. The minimum atomic E-state index is -1.12. The van der Waals surface area contributed by atoms with E-state index in [2.05, 4.69) is 0 Å². The second-order valence-corrected chi connectivity index (χ2v) is 5.36. The third-order valence-corrected chi connectivity index (χ3v) is 3.80.